The molecular weight excluding hydrogens is 417 g/mol. The summed E-state index contributed by atoms with van der Waals surface area (Å²) in [5.74, 6) is 0.751. The molecule has 1 aromatic heterocycles. The third kappa shape index (κ3) is 2.61. The zero-order valence-electron chi connectivity index (χ0n) is 18.3. The maximum Gasteiger partial charge on any atom is 0.197 e. The lowest BCUT2D eigenvalue weighted by Gasteiger charge is -2.36. The van der Waals surface area contributed by atoms with E-state index in [4.69, 9.17) is 9.73 Å². The van der Waals surface area contributed by atoms with Crippen LogP contribution in [0.3, 0.4) is 0 Å². The number of benzene rings is 2. The lowest BCUT2D eigenvalue weighted by Crippen LogP contribution is -2.47. The molecule has 0 amide bonds. The molecule has 0 unspecified atom stereocenters. The molecule has 3 heterocycles. The summed E-state index contributed by atoms with van der Waals surface area (Å²) in [7, 11) is 0. The van der Waals surface area contributed by atoms with Crippen molar-refractivity contribution in [2.45, 2.75) is 31.5 Å². The first-order chi connectivity index (χ1) is 15.8. The molecule has 2 N–H and O–H groups in total. The molecule has 0 spiro atoms. The first-order valence-electron chi connectivity index (χ1n) is 10.8. The molecule has 0 saturated heterocycles. The van der Waals surface area contributed by atoms with Crippen molar-refractivity contribution in [1.29, 1.82) is 0 Å². The highest BCUT2D eigenvalue weighted by molar-refractivity contribution is 6.02. The van der Waals surface area contributed by atoms with E-state index >= 15 is 0 Å². The maximum absolute atomic E-state index is 13.8. The van der Waals surface area contributed by atoms with Gasteiger partial charge in [0, 0.05) is 29.5 Å². The number of fused-ring (bicyclic) bond motifs is 4. The Balaban J connectivity index is 1.60. The summed E-state index contributed by atoms with van der Waals surface area (Å²) >= 11 is 0. The van der Waals surface area contributed by atoms with E-state index in [-0.39, 0.29) is 5.82 Å². The number of halogens is 1. The minimum Gasteiger partial charge on any atom is -0.476 e. The van der Waals surface area contributed by atoms with Gasteiger partial charge in [-0.05, 0) is 49.2 Å². The van der Waals surface area contributed by atoms with E-state index in [1.807, 2.05) is 44.2 Å². The molecule has 33 heavy (non-hydrogen) atoms. The zero-order valence-corrected chi connectivity index (χ0v) is 18.3. The number of nitrogens with zero attached hydrogens (tertiary/aromatic N) is 2. The quantitative estimate of drug-likeness (QED) is 0.616. The Kier molecular flexibility index (Phi) is 3.99. The van der Waals surface area contributed by atoms with Gasteiger partial charge in [-0.2, -0.15) is 0 Å². The van der Waals surface area contributed by atoms with Crippen LogP contribution < -0.4 is 10.1 Å². The van der Waals surface area contributed by atoms with E-state index in [9.17, 15) is 9.50 Å². The Bertz CT molecular complexity index is 1410. The van der Waals surface area contributed by atoms with Crippen LogP contribution in [-0.4, -0.2) is 15.9 Å². The second-order valence-corrected chi connectivity index (χ2v) is 8.94. The van der Waals surface area contributed by atoms with Crippen LogP contribution in [0.5, 0.6) is 5.75 Å². The molecule has 0 saturated carbocycles. The average molecular weight is 439 g/mol. The summed E-state index contributed by atoms with van der Waals surface area (Å²) in [5.41, 5.74) is 2.95. The van der Waals surface area contributed by atoms with Crippen molar-refractivity contribution in [3.8, 4) is 5.75 Å². The minimum absolute atomic E-state index is 0.316. The van der Waals surface area contributed by atoms with Gasteiger partial charge in [0.05, 0.1) is 5.70 Å². The SMILES string of the molecule is C=C1NC(c2cccc(C)c2)=NC2=C1C[C@]1(c3ccc(F)cc3)Oc3cc(C)cnc3[C@]21O. The number of aliphatic imine (C=N–C) groups is 1. The van der Waals surface area contributed by atoms with Crippen LogP contribution >= 0.6 is 0 Å². The first-order valence-corrected chi connectivity index (χ1v) is 10.8. The van der Waals surface area contributed by atoms with Crippen molar-refractivity contribution in [3.05, 3.63) is 118 Å². The van der Waals surface area contributed by atoms with Crippen LogP contribution in [0.4, 0.5) is 4.39 Å². The number of nitrogens with one attached hydrogen (secondary N) is 1. The number of aromatic nitrogens is 1. The summed E-state index contributed by atoms with van der Waals surface area (Å²) in [6.07, 6.45) is 2.02. The summed E-state index contributed by atoms with van der Waals surface area (Å²) in [6.45, 7) is 8.16. The number of ether oxygens (including phenoxy) is 1. The van der Waals surface area contributed by atoms with Crippen molar-refractivity contribution >= 4 is 5.84 Å². The monoisotopic (exact) mass is 439 g/mol. The van der Waals surface area contributed by atoms with E-state index in [0.717, 1.165) is 22.3 Å². The Morgan fingerprint density at radius 2 is 1.88 bits per heavy atom. The van der Waals surface area contributed by atoms with Gasteiger partial charge in [0.25, 0.3) is 0 Å². The molecule has 6 rings (SSSR count). The summed E-state index contributed by atoms with van der Waals surface area (Å²) < 4.78 is 20.3. The van der Waals surface area contributed by atoms with Crippen molar-refractivity contribution in [1.82, 2.24) is 10.3 Å². The molecule has 2 atom stereocenters. The van der Waals surface area contributed by atoms with E-state index in [2.05, 4.69) is 16.9 Å². The molecule has 0 bridgehead atoms. The topological polar surface area (TPSA) is 66.7 Å². The number of allylic oxidation sites excluding steroid dienone is 1. The van der Waals surface area contributed by atoms with Gasteiger partial charge in [-0.1, -0.05) is 42.5 Å². The van der Waals surface area contributed by atoms with Gasteiger partial charge in [0.15, 0.2) is 11.2 Å². The van der Waals surface area contributed by atoms with Crippen LogP contribution in [0.1, 0.15) is 34.4 Å². The minimum atomic E-state index is -1.66. The van der Waals surface area contributed by atoms with Gasteiger partial charge >= 0.3 is 0 Å². The largest absolute Gasteiger partial charge is 0.476 e. The molecular formula is C27H22FN3O2. The lowest BCUT2D eigenvalue weighted by atomic mass is 9.78. The highest BCUT2D eigenvalue weighted by Crippen LogP contribution is 2.64. The summed E-state index contributed by atoms with van der Waals surface area (Å²) in [5, 5.41) is 15.8. The molecule has 164 valence electrons. The molecule has 2 aliphatic heterocycles. The van der Waals surface area contributed by atoms with Crippen molar-refractivity contribution in [2.75, 3.05) is 0 Å². The van der Waals surface area contributed by atoms with Crippen molar-refractivity contribution in [2.24, 2.45) is 4.99 Å². The lowest BCUT2D eigenvalue weighted by molar-refractivity contribution is -0.0849. The molecule has 0 radical (unpaired) electrons. The van der Waals surface area contributed by atoms with Crippen LogP contribution in [-0.2, 0) is 11.2 Å². The van der Waals surface area contributed by atoms with E-state index in [0.29, 0.717) is 40.7 Å². The van der Waals surface area contributed by atoms with Gasteiger partial charge in [0.2, 0.25) is 0 Å². The maximum atomic E-state index is 13.8. The molecule has 2 aromatic carbocycles. The van der Waals surface area contributed by atoms with Gasteiger partial charge in [0.1, 0.15) is 23.1 Å². The van der Waals surface area contributed by atoms with Gasteiger partial charge < -0.3 is 15.2 Å². The Hall–Kier alpha value is -3.77. The third-order valence-corrected chi connectivity index (χ3v) is 6.71. The van der Waals surface area contributed by atoms with E-state index in [1.165, 1.54) is 12.1 Å². The first kappa shape index (κ1) is 19.9. The Morgan fingerprint density at radius 3 is 2.64 bits per heavy atom. The number of rotatable bonds is 2. The second kappa shape index (κ2) is 6.62. The van der Waals surface area contributed by atoms with Crippen LogP contribution in [0.2, 0.25) is 0 Å². The number of hydrogen-bond acceptors (Lipinski definition) is 5. The molecule has 3 aliphatic rings. The highest BCUT2D eigenvalue weighted by Gasteiger charge is 2.69. The van der Waals surface area contributed by atoms with Gasteiger partial charge in [-0.25, -0.2) is 9.38 Å². The smallest absolute Gasteiger partial charge is 0.197 e. The van der Waals surface area contributed by atoms with Crippen LogP contribution in [0.25, 0.3) is 0 Å². The summed E-state index contributed by atoms with van der Waals surface area (Å²) in [4.78, 5) is 9.50. The Labute approximate surface area is 191 Å². The molecule has 3 aromatic rings. The number of amidine groups is 1. The number of pyridine rings is 1. The predicted octanol–water partition coefficient (Wildman–Crippen LogP) is 4.53. The fourth-order valence-electron chi connectivity index (χ4n) is 5.14. The summed E-state index contributed by atoms with van der Waals surface area (Å²) in [6, 6.07) is 15.9. The molecule has 6 heteroatoms. The second-order valence-electron chi connectivity index (χ2n) is 8.94. The van der Waals surface area contributed by atoms with E-state index < -0.39 is 11.2 Å². The average Bonchev–Trinajstić information content (AvgIpc) is 3.18. The standard InChI is InChI=1S/C27H22FN3O2/c1-15-5-4-6-18(11-15)25-30-17(3)21-13-26(19-7-9-20(28)10-8-19)27(32,23(21)31-25)24-22(33-26)12-16(2)14-29-24/h4-12,14,32H,3,13H2,1-2H3,(H,30,31)/t26-,27-/m1/s1. The predicted molar refractivity (Wildman–Crippen MR) is 123 cm³/mol. The fourth-order valence-corrected chi connectivity index (χ4v) is 5.14. The van der Waals surface area contributed by atoms with Gasteiger partial charge in [-0.3, -0.25) is 4.98 Å². The van der Waals surface area contributed by atoms with Crippen LogP contribution in [0, 0.1) is 19.7 Å². The number of aliphatic hydroxyl groups is 1. The Morgan fingerprint density at radius 1 is 1.09 bits per heavy atom. The molecule has 0 fully saturated rings. The van der Waals surface area contributed by atoms with E-state index in [1.54, 1.807) is 18.3 Å². The van der Waals surface area contributed by atoms with Gasteiger partial charge in [-0.15, -0.1) is 0 Å². The normalized spacial score (nSPS) is 25.1. The third-order valence-electron chi connectivity index (χ3n) is 6.71. The number of aryl methyl sites for hydroxylation is 2. The van der Waals surface area contributed by atoms with Crippen molar-refractivity contribution < 1.29 is 14.2 Å². The molecule has 5 nitrogen and oxygen atoms in total. The van der Waals surface area contributed by atoms with Crippen LogP contribution in [0.15, 0.2) is 89.3 Å². The number of hydrogen-bond donors (Lipinski definition) is 2. The van der Waals surface area contributed by atoms with Crippen molar-refractivity contribution in [3.63, 3.8) is 0 Å². The molecule has 1 aliphatic carbocycles. The highest BCUT2D eigenvalue weighted by atomic mass is 19.1. The zero-order chi connectivity index (χ0) is 23.0. The fraction of sp³-hybridized carbons (Fsp3) is 0.185.